The summed E-state index contributed by atoms with van der Waals surface area (Å²) in [5, 5.41) is 16.0. The van der Waals surface area contributed by atoms with E-state index in [0.29, 0.717) is 29.4 Å². The molecule has 32 heavy (non-hydrogen) atoms. The Bertz CT molecular complexity index is 1000. The van der Waals surface area contributed by atoms with Crippen LogP contribution in [-0.2, 0) is 16.6 Å². The van der Waals surface area contributed by atoms with E-state index in [1.807, 2.05) is 24.3 Å². The van der Waals surface area contributed by atoms with Crippen LogP contribution >= 0.6 is 23.2 Å². The quantitative estimate of drug-likeness (QED) is 0.677. The largest absolute Gasteiger partial charge is 0.497 e. The van der Waals surface area contributed by atoms with Crippen molar-refractivity contribution < 1.29 is 14.6 Å². The van der Waals surface area contributed by atoms with Gasteiger partial charge < -0.3 is 20.1 Å². The summed E-state index contributed by atoms with van der Waals surface area (Å²) >= 11 is 12.1. The number of nitrogens with zero attached hydrogens (tertiary/aromatic N) is 1. The fourth-order valence-corrected chi connectivity index (χ4v) is 5.85. The maximum Gasteiger partial charge on any atom is 0.224 e. The molecule has 1 aliphatic heterocycles. The number of likely N-dealkylation sites (tertiary alicyclic amines) is 1. The Morgan fingerprint density at radius 3 is 2.78 bits per heavy atom. The first-order valence-electron chi connectivity index (χ1n) is 11.0. The molecule has 1 saturated carbocycles. The first-order valence-corrected chi connectivity index (χ1v) is 11.8. The third kappa shape index (κ3) is 4.49. The molecule has 3 atom stereocenters. The molecule has 4 rings (SSSR count). The van der Waals surface area contributed by atoms with E-state index in [9.17, 15) is 9.90 Å². The molecule has 3 unspecified atom stereocenters. The van der Waals surface area contributed by atoms with Crippen LogP contribution in [0, 0.1) is 0 Å². The third-order valence-corrected chi connectivity index (χ3v) is 7.92. The number of aliphatic hydroxyl groups is 1. The smallest absolute Gasteiger partial charge is 0.224 e. The van der Waals surface area contributed by atoms with Crippen LogP contribution in [0.4, 0.5) is 0 Å². The Hall–Kier alpha value is -1.79. The summed E-state index contributed by atoms with van der Waals surface area (Å²) in [7, 11) is 3.71. The number of fused-ring (bicyclic) bond motifs is 1. The Morgan fingerprint density at radius 2 is 2.03 bits per heavy atom. The van der Waals surface area contributed by atoms with E-state index >= 15 is 0 Å². The van der Waals surface area contributed by atoms with Gasteiger partial charge in [-0.15, -0.1) is 0 Å². The average molecular weight is 477 g/mol. The Kier molecular flexibility index (Phi) is 6.73. The van der Waals surface area contributed by atoms with Crippen molar-refractivity contribution in [3.8, 4) is 5.75 Å². The minimum atomic E-state index is -0.850. The van der Waals surface area contributed by atoms with Gasteiger partial charge in [0.15, 0.2) is 0 Å². The van der Waals surface area contributed by atoms with Crippen molar-refractivity contribution in [2.24, 2.45) is 0 Å². The molecule has 2 aromatic carbocycles. The van der Waals surface area contributed by atoms with Gasteiger partial charge in [-0.1, -0.05) is 41.4 Å². The molecule has 1 heterocycles. The standard InChI is InChI=1S/C25H30Cl2N2O3/c1-29-11-10-24(18-4-3-5-20(14-18)32-2)15-19(8-9-25(24,31)16-29)28-23(30)13-17-6-7-21(26)22(27)12-17/h3-7,12,14,19,31H,8-11,13,15-16H2,1-2H3,(H,28,30). The minimum absolute atomic E-state index is 0.0137. The number of benzene rings is 2. The van der Waals surface area contributed by atoms with Crippen LogP contribution in [0.25, 0.3) is 0 Å². The Morgan fingerprint density at radius 1 is 1.22 bits per heavy atom. The van der Waals surface area contributed by atoms with Crippen molar-refractivity contribution in [1.82, 2.24) is 10.2 Å². The number of carbonyl (C=O) groups excluding carboxylic acids is 1. The number of amides is 1. The van der Waals surface area contributed by atoms with Crippen molar-refractivity contribution in [3.05, 3.63) is 63.6 Å². The van der Waals surface area contributed by atoms with E-state index in [0.717, 1.165) is 36.3 Å². The zero-order valence-corrected chi connectivity index (χ0v) is 20.0. The number of rotatable bonds is 5. The molecule has 0 aromatic heterocycles. The van der Waals surface area contributed by atoms with Crippen molar-refractivity contribution in [2.75, 3.05) is 27.2 Å². The number of carbonyl (C=O) groups is 1. The lowest BCUT2D eigenvalue weighted by atomic mass is 9.55. The number of halogens is 2. The molecule has 5 nitrogen and oxygen atoms in total. The molecule has 0 radical (unpaired) electrons. The molecule has 1 aliphatic carbocycles. The number of methoxy groups -OCH3 is 1. The molecule has 1 saturated heterocycles. The topological polar surface area (TPSA) is 61.8 Å². The predicted molar refractivity (Wildman–Crippen MR) is 128 cm³/mol. The van der Waals surface area contributed by atoms with Gasteiger partial charge in [-0.3, -0.25) is 4.79 Å². The van der Waals surface area contributed by atoms with Crippen LogP contribution in [0.2, 0.25) is 10.0 Å². The fraction of sp³-hybridized carbons (Fsp3) is 0.480. The highest BCUT2D eigenvalue weighted by Crippen LogP contribution is 2.51. The molecule has 2 N–H and O–H groups in total. The zero-order chi connectivity index (χ0) is 22.9. The van der Waals surface area contributed by atoms with Crippen LogP contribution in [0.1, 0.15) is 36.8 Å². The van der Waals surface area contributed by atoms with E-state index in [1.165, 1.54) is 0 Å². The van der Waals surface area contributed by atoms with E-state index in [2.05, 4.69) is 23.3 Å². The van der Waals surface area contributed by atoms with Crippen molar-refractivity contribution in [3.63, 3.8) is 0 Å². The first kappa shape index (κ1) is 23.4. The number of likely N-dealkylation sites (N-methyl/N-ethyl adjacent to an activating group) is 1. The van der Waals surface area contributed by atoms with Crippen LogP contribution < -0.4 is 10.1 Å². The van der Waals surface area contributed by atoms with Crippen LogP contribution in [0.15, 0.2) is 42.5 Å². The highest BCUT2D eigenvalue weighted by Gasteiger charge is 2.57. The molecular weight excluding hydrogens is 447 g/mol. The lowest BCUT2D eigenvalue weighted by Crippen LogP contribution is -2.66. The lowest BCUT2D eigenvalue weighted by Gasteiger charge is -2.57. The Labute approximate surface area is 199 Å². The maximum absolute atomic E-state index is 12.8. The van der Waals surface area contributed by atoms with Crippen molar-refractivity contribution in [1.29, 1.82) is 0 Å². The van der Waals surface area contributed by atoms with Crippen LogP contribution in [-0.4, -0.2) is 54.8 Å². The molecule has 1 amide bonds. The second-order valence-electron chi connectivity index (χ2n) is 9.27. The Balaban J connectivity index is 1.56. The van der Waals surface area contributed by atoms with Gasteiger partial charge in [0.2, 0.25) is 5.91 Å². The molecule has 2 aliphatic rings. The van der Waals surface area contributed by atoms with Gasteiger partial charge in [0.25, 0.3) is 0 Å². The number of ether oxygens (including phenoxy) is 1. The van der Waals surface area contributed by atoms with Gasteiger partial charge in [0, 0.05) is 18.0 Å². The second kappa shape index (κ2) is 9.22. The summed E-state index contributed by atoms with van der Waals surface area (Å²) in [6, 6.07) is 13.3. The van der Waals surface area contributed by atoms with Gasteiger partial charge in [-0.05, 0) is 74.7 Å². The molecule has 2 aromatic rings. The predicted octanol–water partition coefficient (Wildman–Crippen LogP) is 4.22. The van der Waals surface area contributed by atoms with Gasteiger partial charge in [-0.2, -0.15) is 0 Å². The van der Waals surface area contributed by atoms with Gasteiger partial charge in [-0.25, -0.2) is 0 Å². The summed E-state index contributed by atoms with van der Waals surface area (Å²) in [6.07, 6.45) is 3.13. The molecular formula is C25H30Cl2N2O3. The van der Waals surface area contributed by atoms with Crippen LogP contribution in [0.3, 0.4) is 0 Å². The van der Waals surface area contributed by atoms with E-state index in [1.54, 1.807) is 19.2 Å². The number of β-amino-alcohol motifs (C(OH)–C–C–N with tert-alkyl or cyclic N) is 1. The molecule has 7 heteroatoms. The number of nitrogens with one attached hydrogen (secondary N) is 1. The lowest BCUT2D eigenvalue weighted by molar-refractivity contribution is -0.131. The number of hydrogen-bond acceptors (Lipinski definition) is 4. The third-order valence-electron chi connectivity index (χ3n) is 7.18. The summed E-state index contributed by atoms with van der Waals surface area (Å²) in [6.45, 7) is 1.51. The molecule has 0 spiro atoms. The zero-order valence-electron chi connectivity index (χ0n) is 18.5. The minimum Gasteiger partial charge on any atom is -0.497 e. The van der Waals surface area contributed by atoms with Crippen molar-refractivity contribution >= 4 is 29.1 Å². The summed E-state index contributed by atoms with van der Waals surface area (Å²) in [4.78, 5) is 15.0. The summed E-state index contributed by atoms with van der Waals surface area (Å²) in [5.41, 5.74) is 0.618. The van der Waals surface area contributed by atoms with Gasteiger partial charge in [0.05, 0.1) is 29.2 Å². The average Bonchev–Trinajstić information content (AvgIpc) is 2.76. The van der Waals surface area contributed by atoms with Crippen LogP contribution in [0.5, 0.6) is 5.75 Å². The second-order valence-corrected chi connectivity index (χ2v) is 10.1. The van der Waals surface area contributed by atoms with Gasteiger partial charge in [0.1, 0.15) is 5.75 Å². The normalized spacial score (nSPS) is 28.1. The first-order chi connectivity index (χ1) is 15.2. The van der Waals surface area contributed by atoms with E-state index in [-0.39, 0.29) is 18.4 Å². The molecule has 172 valence electrons. The number of piperidine rings is 1. The SMILES string of the molecule is COc1cccc(C23CCN(C)CC2(O)CCC(NC(=O)Cc2ccc(Cl)c(Cl)c2)C3)c1. The molecule has 0 bridgehead atoms. The highest BCUT2D eigenvalue weighted by atomic mass is 35.5. The fourth-order valence-electron chi connectivity index (χ4n) is 5.53. The van der Waals surface area contributed by atoms with Gasteiger partial charge >= 0.3 is 0 Å². The summed E-state index contributed by atoms with van der Waals surface area (Å²) in [5.74, 6) is 0.733. The molecule has 2 fully saturated rings. The van der Waals surface area contributed by atoms with E-state index < -0.39 is 11.0 Å². The summed E-state index contributed by atoms with van der Waals surface area (Å²) < 4.78 is 5.47. The van der Waals surface area contributed by atoms with E-state index in [4.69, 9.17) is 27.9 Å². The monoisotopic (exact) mass is 476 g/mol. The number of hydrogen-bond donors (Lipinski definition) is 2. The van der Waals surface area contributed by atoms with Crippen molar-refractivity contribution in [2.45, 2.75) is 49.2 Å². The highest BCUT2D eigenvalue weighted by molar-refractivity contribution is 6.42. The maximum atomic E-state index is 12.8.